The van der Waals surface area contributed by atoms with Crippen molar-refractivity contribution in [2.24, 2.45) is 0 Å². The summed E-state index contributed by atoms with van der Waals surface area (Å²) in [7, 11) is 0. The maximum absolute atomic E-state index is 14.0. The number of carbonyl (C=O) groups is 1. The van der Waals surface area contributed by atoms with Gasteiger partial charge in [-0.3, -0.25) is 4.79 Å². The molecule has 0 bridgehead atoms. The van der Waals surface area contributed by atoms with E-state index >= 15 is 0 Å². The van der Waals surface area contributed by atoms with Crippen molar-refractivity contribution in [1.82, 2.24) is 0 Å². The van der Waals surface area contributed by atoms with Crippen molar-refractivity contribution < 1.29 is 49.4 Å². The first-order chi connectivity index (χ1) is 26.5. The molecule has 0 saturated heterocycles. The zero-order valence-corrected chi connectivity index (χ0v) is 28.8. The Hall–Kier alpha value is -6.10. The molecule has 0 spiro atoms. The topological polar surface area (TPSA) is 37.3 Å². The number of aryl methyl sites for hydroxylation is 1. The third-order valence-electron chi connectivity index (χ3n) is 10.9. The molecule has 0 saturated carbocycles. The fourth-order valence-electron chi connectivity index (χ4n) is 8.47. The summed E-state index contributed by atoms with van der Waals surface area (Å²) < 4.78 is 124. The second kappa shape index (κ2) is 12.2. The van der Waals surface area contributed by atoms with Gasteiger partial charge in [0.2, 0.25) is 0 Å². The summed E-state index contributed by atoms with van der Waals surface area (Å²) in [5.74, 6) is -0.988. The standard InChI is InChI=1S/C45H25F9O2/c46-43(47,48)25-9-4-22(5-10-25)28-16-19-33-39-31(14-8-24(38(28)39)2-1-3-37(55)56)32-18-17-30-29-15-13-27(45(52,53)54)20-35(29)36-21-34(41(33)42(32)40(30)36)23-6-11-26(12-7-23)44(49,50)51/h4-21H,1-3H2,(H,55,56). The molecule has 0 atom stereocenters. The van der Waals surface area contributed by atoms with Crippen LogP contribution in [0, 0.1) is 0 Å². The lowest BCUT2D eigenvalue weighted by Crippen LogP contribution is -2.04. The van der Waals surface area contributed by atoms with E-state index in [2.05, 4.69) is 0 Å². The highest BCUT2D eigenvalue weighted by Gasteiger charge is 2.35. The lowest BCUT2D eigenvalue weighted by Gasteiger charge is -2.22. The molecule has 0 aliphatic heterocycles. The van der Waals surface area contributed by atoms with Crippen molar-refractivity contribution in [1.29, 1.82) is 0 Å². The fraction of sp³-hybridized carbons (Fsp3) is 0.133. The number of halogens is 9. The monoisotopic (exact) mass is 768 g/mol. The van der Waals surface area contributed by atoms with Gasteiger partial charge in [0.15, 0.2) is 0 Å². The summed E-state index contributed by atoms with van der Waals surface area (Å²) in [5.41, 5.74) is 2.30. The molecule has 9 rings (SSSR count). The predicted octanol–water partition coefficient (Wildman–Crippen LogP) is 14.2. The first kappa shape index (κ1) is 35.6. The van der Waals surface area contributed by atoms with Crippen LogP contribution in [0.4, 0.5) is 39.5 Å². The van der Waals surface area contributed by atoms with E-state index in [1.165, 1.54) is 30.3 Å². The van der Waals surface area contributed by atoms with Gasteiger partial charge >= 0.3 is 24.5 Å². The van der Waals surface area contributed by atoms with Crippen LogP contribution in [0.1, 0.15) is 35.1 Å². The van der Waals surface area contributed by atoms with Crippen LogP contribution >= 0.6 is 0 Å². The molecule has 8 aromatic carbocycles. The molecule has 1 aliphatic carbocycles. The molecule has 8 aromatic rings. The minimum Gasteiger partial charge on any atom is -0.481 e. The summed E-state index contributed by atoms with van der Waals surface area (Å²) in [6.45, 7) is 0. The van der Waals surface area contributed by atoms with Crippen molar-refractivity contribution in [3.05, 3.63) is 131 Å². The molecule has 56 heavy (non-hydrogen) atoms. The molecule has 11 heteroatoms. The lowest BCUT2D eigenvalue weighted by molar-refractivity contribution is -0.138. The Morgan fingerprint density at radius 2 is 0.946 bits per heavy atom. The quantitative estimate of drug-likeness (QED) is 0.104. The Labute approximate surface area is 311 Å². The SMILES string of the molecule is O=C(O)CCCc1ccc2c3ccc4c5c(cc(-c6ccc(C(F)(F)F)cc6)c(c6ccc(-c7ccc(C(F)(F)F)cc7)c1c26)c53)-c1cc(C(F)(F)F)ccc1-4. The third kappa shape index (κ3) is 5.54. The number of fused-ring (bicyclic) bond motifs is 5. The van der Waals surface area contributed by atoms with Crippen LogP contribution in [0.25, 0.3) is 87.6 Å². The fourth-order valence-corrected chi connectivity index (χ4v) is 8.47. The highest BCUT2D eigenvalue weighted by Crippen LogP contribution is 2.56. The van der Waals surface area contributed by atoms with Crippen molar-refractivity contribution in [3.63, 3.8) is 0 Å². The Bertz CT molecular complexity index is 2900. The zero-order valence-electron chi connectivity index (χ0n) is 28.8. The first-order valence-corrected chi connectivity index (χ1v) is 17.5. The van der Waals surface area contributed by atoms with Gasteiger partial charge in [0.1, 0.15) is 0 Å². The van der Waals surface area contributed by atoms with Gasteiger partial charge in [0.05, 0.1) is 16.7 Å². The smallest absolute Gasteiger partial charge is 0.416 e. The minimum atomic E-state index is -4.63. The summed E-state index contributed by atoms with van der Waals surface area (Å²) in [6, 6.07) is 25.7. The van der Waals surface area contributed by atoms with E-state index in [9.17, 15) is 49.4 Å². The maximum Gasteiger partial charge on any atom is 0.416 e. The second-order valence-electron chi connectivity index (χ2n) is 14.1. The second-order valence-corrected chi connectivity index (χ2v) is 14.1. The average molecular weight is 769 g/mol. The van der Waals surface area contributed by atoms with Gasteiger partial charge in [-0.15, -0.1) is 0 Å². The molecule has 0 fully saturated rings. The molecule has 1 aliphatic rings. The third-order valence-corrected chi connectivity index (χ3v) is 10.9. The average Bonchev–Trinajstić information content (AvgIpc) is 3.47. The number of alkyl halides is 9. The van der Waals surface area contributed by atoms with E-state index in [-0.39, 0.29) is 12.8 Å². The van der Waals surface area contributed by atoms with Gasteiger partial charge in [0, 0.05) is 6.42 Å². The predicted molar refractivity (Wildman–Crippen MR) is 199 cm³/mol. The summed E-state index contributed by atoms with van der Waals surface area (Å²) in [4.78, 5) is 11.5. The lowest BCUT2D eigenvalue weighted by atomic mass is 9.81. The van der Waals surface area contributed by atoms with Gasteiger partial charge in [-0.25, -0.2) is 0 Å². The summed E-state index contributed by atoms with van der Waals surface area (Å²) in [6.07, 6.45) is -13.3. The van der Waals surface area contributed by atoms with Crippen LogP contribution in [-0.4, -0.2) is 11.1 Å². The van der Waals surface area contributed by atoms with E-state index in [1.807, 2.05) is 30.3 Å². The number of hydrogen-bond acceptors (Lipinski definition) is 1. The van der Waals surface area contributed by atoms with Gasteiger partial charge in [-0.05, 0) is 148 Å². The van der Waals surface area contributed by atoms with E-state index in [1.54, 1.807) is 12.1 Å². The maximum atomic E-state index is 14.0. The van der Waals surface area contributed by atoms with Gasteiger partial charge in [-0.2, -0.15) is 39.5 Å². The van der Waals surface area contributed by atoms with Gasteiger partial charge in [-0.1, -0.05) is 66.7 Å². The molecule has 2 nitrogen and oxygen atoms in total. The van der Waals surface area contributed by atoms with Gasteiger partial charge < -0.3 is 5.11 Å². The molecule has 280 valence electrons. The number of carboxylic acids is 1. The molecule has 0 unspecified atom stereocenters. The van der Waals surface area contributed by atoms with E-state index < -0.39 is 41.2 Å². The van der Waals surface area contributed by atoms with Crippen LogP contribution in [0.5, 0.6) is 0 Å². The van der Waals surface area contributed by atoms with Gasteiger partial charge in [0.25, 0.3) is 0 Å². The molecule has 0 amide bonds. The normalized spacial score (nSPS) is 13.1. The van der Waals surface area contributed by atoms with Crippen molar-refractivity contribution in [2.45, 2.75) is 37.8 Å². The van der Waals surface area contributed by atoms with Crippen LogP contribution in [-0.2, 0) is 29.7 Å². The van der Waals surface area contributed by atoms with Crippen LogP contribution in [0.15, 0.2) is 109 Å². The molecular weight excluding hydrogens is 743 g/mol. The Morgan fingerprint density at radius 1 is 0.429 bits per heavy atom. The molecule has 0 aromatic heterocycles. The molecular formula is C45H25F9O2. The Morgan fingerprint density at radius 3 is 1.55 bits per heavy atom. The van der Waals surface area contributed by atoms with E-state index in [4.69, 9.17) is 0 Å². The zero-order chi connectivity index (χ0) is 39.5. The number of carboxylic acid groups (broad SMARTS) is 1. The minimum absolute atomic E-state index is 0.124. The summed E-state index contributed by atoms with van der Waals surface area (Å²) >= 11 is 0. The van der Waals surface area contributed by atoms with Crippen molar-refractivity contribution in [3.8, 4) is 44.5 Å². The van der Waals surface area contributed by atoms with Crippen molar-refractivity contribution >= 4 is 49.1 Å². The number of hydrogen-bond donors (Lipinski definition) is 1. The molecule has 0 heterocycles. The van der Waals surface area contributed by atoms with Crippen LogP contribution in [0.2, 0.25) is 0 Å². The number of aliphatic carboxylic acids is 1. The largest absolute Gasteiger partial charge is 0.481 e. The van der Waals surface area contributed by atoms with E-state index in [0.29, 0.717) is 83.2 Å². The molecule has 1 N–H and O–H groups in total. The highest BCUT2D eigenvalue weighted by atomic mass is 19.4. The number of rotatable bonds is 6. The Kier molecular flexibility index (Phi) is 7.75. The number of benzene rings is 8. The van der Waals surface area contributed by atoms with Crippen LogP contribution < -0.4 is 0 Å². The molecule has 0 radical (unpaired) electrons. The van der Waals surface area contributed by atoms with Crippen molar-refractivity contribution in [2.75, 3.05) is 0 Å². The van der Waals surface area contributed by atoms with Crippen LogP contribution in [0.3, 0.4) is 0 Å². The highest BCUT2D eigenvalue weighted by molar-refractivity contribution is 6.40. The van der Waals surface area contributed by atoms with E-state index in [0.717, 1.165) is 52.7 Å². The Balaban J connectivity index is 1.42. The summed E-state index contributed by atoms with van der Waals surface area (Å²) in [5, 5.41) is 15.0. The first-order valence-electron chi connectivity index (χ1n) is 17.5.